The van der Waals surface area contributed by atoms with E-state index in [0.29, 0.717) is 12.5 Å². The molecule has 1 aromatic heterocycles. The highest BCUT2D eigenvalue weighted by Gasteiger charge is 2.30. The highest BCUT2D eigenvalue weighted by atomic mass is 16.5. The maximum absolute atomic E-state index is 12.1. The van der Waals surface area contributed by atoms with Crippen LogP contribution >= 0.6 is 0 Å². The SMILES string of the molecule is CC1(C)C[C@H](CN2CCCn3nc(CNC(=O)C4CCC4)cc3C2)CCO1. The number of hydrogen-bond donors (Lipinski definition) is 1. The molecule has 3 aliphatic rings. The first-order chi connectivity index (χ1) is 13.0. The van der Waals surface area contributed by atoms with E-state index in [2.05, 4.69) is 34.8 Å². The van der Waals surface area contributed by atoms with Gasteiger partial charge in [-0.3, -0.25) is 14.4 Å². The van der Waals surface area contributed by atoms with Crippen LogP contribution in [0.3, 0.4) is 0 Å². The van der Waals surface area contributed by atoms with Crippen molar-refractivity contribution in [2.75, 3.05) is 19.7 Å². The van der Waals surface area contributed by atoms with E-state index in [1.165, 1.54) is 12.1 Å². The van der Waals surface area contributed by atoms with Crippen molar-refractivity contribution in [1.29, 1.82) is 0 Å². The molecule has 1 aliphatic carbocycles. The van der Waals surface area contributed by atoms with E-state index in [4.69, 9.17) is 9.84 Å². The molecule has 1 amide bonds. The molecule has 27 heavy (non-hydrogen) atoms. The van der Waals surface area contributed by atoms with Gasteiger partial charge in [0.1, 0.15) is 0 Å². The van der Waals surface area contributed by atoms with Crippen LogP contribution in [0.1, 0.15) is 63.8 Å². The highest BCUT2D eigenvalue weighted by Crippen LogP contribution is 2.30. The van der Waals surface area contributed by atoms with Crippen molar-refractivity contribution in [3.05, 3.63) is 17.5 Å². The maximum atomic E-state index is 12.1. The number of fused-ring (bicyclic) bond motifs is 1. The van der Waals surface area contributed by atoms with Gasteiger partial charge in [-0.15, -0.1) is 0 Å². The first-order valence-corrected chi connectivity index (χ1v) is 10.7. The lowest BCUT2D eigenvalue weighted by atomic mass is 9.85. The van der Waals surface area contributed by atoms with Crippen molar-refractivity contribution >= 4 is 5.91 Å². The monoisotopic (exact) mass is 374 g/mol. The molecule has 3 heterocycles. The summed E-state index contributed by atoms with van der Waals surface area (Å²) >= 11 is 0. The number of carbonyl (C=O) groups excluding carboxylic acids is 1. The number of aryl methyl sites for hydroxylation is 1. The zero-order chi connectivity index (χ0) is 18.9. The van der Waals surface area contributed by atoms with E-state index in [1.54, 1.807) is 0 Å². The van der Waals surface area contributed by atoms with Crippen LogP contribution in [-0.2, 0) is 29.2 Å². The molecule has 0 aromatic carbocycles. The summed E-state index contributed by atoms with van der Waals surface area (Å²) in [5, 5.41) is 7.81. The molecule has 2 fully saturated rings. The average molecular weight is 375 g/mol. The van der Waals surface area contributed by atoms with E-state index >= 15 is 0 Å². The molecule has 1 atom stereocenters. The molecule has 4 rings (SSSR count). The van der Waals surface area contributed by atoms with Gasteiger partial charge in [0, 0.05) is 38.7 Å². The third-order valence-corrected chi connectivity index (χ3v) is 6.38. The van der Waals surface area contributed by atoms with Crippen LogP contribution in [0.2, 0.25) is 0 Å². The molecule has 1 aromatic rings. The van der Waals surface area contributed by atoms with Gasteiger partial charge in [0.2, 0.25) is 5.91 Å². The predicted octanol–water partition coefficient (Wildman–Crippen LogP) is 2.71. The third kappa shape index (κ3) is 4.72. The molecule has 1 saturated carbocycles. The minimum Gasteiger partial charge on any atom is -0.376 e. The fourth-order valence-electron chi connectivity index (χ4n) is 4.70. The summed E-state index contributed by atoms with van der Waals surface area (Å²) in [4.78, 5) is 14.6. The van der Waals surface area contributed by atoms with Crippen LogP contribution in [0, 0.1) is 11.8 Å². The summed E-state index contributed by atoms with van der Waals surface area (Å²) in [5.41, 5.74) is 2.29. The Morgan fingerprint density at radius 3 is 2.89 bits per heavy atom. The van der Waals surface area contributed by atoms with Gasteiger partial charge in [-0.05, 0) is 57.9 Å². The first-order valence-electron chi connectivity index (χ1n) is 10.7. The number of rotatable bonds is 5. The largest absolute Gasteiger partial charge is 0.376 e. The van der Waals surface area contributed by atoms with Gasteiger partial charge in [-0.25, -0.2) is 0 Å². The first kappa shape index (κ1) is 18.9. The van der Waals surface area contributed by atoms with Gasteiger partial charge in [0.25, 0.3) is 0 Å². The van der Waals surface area contributed by atoms with E-state index in [1.807, 2.05) is 0 Å². The number of nitrogens with one attached hydrogen (secondary N) is 1. The van der Waals surface area contributed by atoms with Gasteiger partial charge in [-0.1, -0.05) is 6.42 Å². The summed E-state index contributed by atoms with van der Waals surface area (Å²) in [6, 6.07) is 2.19. The van der Waals surface area contributed by atoms with Crippen molar-refractivity contribution in [3.8, 4) is 0 Å². The number of amides is 1. The Kier molecular flexibility index (Phi) is 5.55. The van der Waals surface area contributed by atoms with Gasteiger partial charge < -0.3 is 10.1 Å². The second kappa shape index (κ2) is 7.92. The third-order valence-electron chi connectivity index (χ3n) is 6.38. The molecule has 2 aliphatic heterocycles. The van der Waals surface area contributed by atoms with Crippen molar-refractivity contribution < 1.29 is 9.53 Å². The normalized spacial score (nSPS) is 26.1. The van der Waals surface area contributed by atoms with Crippen LogP contribution in [0.4, 0.5) is 0 Å². The van der Waals surface area contributed by atoms with Crippen molar-refractivity contribution in [2.45, 2.75) is 77.6 Å². The summed E-state index contributed by atoms with van der Waals surface area (Å²) < 4.78 is 8.03. The lowest BCUT2D eigenvalue weighted by Gasteiger charge is -2.37. The number of carbonyl (C=O) groups is 1. The quantitative estimate of drug-likeness (QED) is 0.861. The molecule has 1 saturated heterocycles. The molecular weight excluding hydrogens is 340 g/mol. The standard InChI is InChI=1S/C21H34N4O2/c1-21(2)12-16(7-10-27-21)14-24-8-4-9-25-19(15-24)11-18(23-25)13-22-20(26)17-5-3-6-17/h11,16-17H,3-10,12-15H2,1-2H3,(H,22,26)/t16-/m1/s1. The summed E-state index contributed by atoms with van der Waals surface area (Å²) in [7, 11) is 0. The zero-order valence-electron chi connectivity index (χ0n) is 16.9. The van der Waals surface area contributed by atoms with Crippen molar-refractivity contribution in [1.82, 2.24) is 20.0 Å². The zero-order valence-corrected chi connectivity index (χ0v) is 16.9. The van der Waals surface area contributed by atoms with Gasteiger partial charge in [0.05, 0.1) is 23.5 Å². The Hall–Kier alpha value is -1.40. The highest BCUT2D eigenvalue weighted by molar-refractivity contribution is 5.79. The van der Waals surface area contributed by atoms with E-state index < -0.39 is 0 Å². The molecule has 150 valence electrons. The Balaban J connectivity index is 1.33. The van der Waals surface area contributed by atoms with Crippen molar-refractivity contribution in [3.63, 3.8) is 0 Å². The number of ether oxygens (including phenoxy) is 1. The Morgan fingerprint density at radius 1 is 1.30 bits per heavy atom. The molecule has 1 N–H and O–H groups in total. The minimum atomic E-state index is 0.0162. The number of hydrogen-bond acceptors (Lipinski definition) is 4. The molecule has 0 radical (unpaired) electrons. The van der Waals surface area contributed by atoms with E-state index in [9.17, 15) is 4.79 Å². The summed E-state index contributed by atoms with van der Waals surface area (Å²) in [5.74, 6) is 1.15. The van der Waals surface area contributed by atoms with Crippen molar-refractivity contribution in [2.24, 2.45) is 11.8 Å². The van der Waals surface area contributed by atoms with Gasteiger partial charge in [-0.2, -0.15) is 5.10 Å². The number of aromatic nitrogens is 2. The summed E-state index contributed by atoms with van der Waals surface area (Å²) in [6.45, 7) is 10.1. The minimum absolute atomic E-state index is 0.0162. The molecular formula is C21H34N4O2. The fraction of sp³-hybridized carbons (Fsp3) is 0.810. The van der Waals surface area contributed by atoms with Crippen LogP contribution in [0.15, 0.2) is 6.07 Å². The lowest BCUT2D eigenvalue weighted by Crippen LogP contribution is -2.39. The molecule has 0 unspecified atom stereocenters. The predicted molar refractivity (Wildman–Crippen MR) is 104 cm³/mol. The Labute approximate surface area is 162 Å². The lowest BCUT2D eigenvalue weighted by molar-refractivity contribution is -0.127. The topological polar surface area (TPSA) is 59.4 Å². The summed E-state index contributed by atoms with van der Waals surface area (Å²) in [6.07, 6.45) is 6.72. The second-order valence-electron chi connectivity index (χ2n) is 9.25. The van der Waals surface area contributed by atoms with E-state index in [-0.39, 0.29) is 17.4 Å². The molecule has 0 spiro atoms. The Bertz CT molecular complexity index is 665. The maximum Gasteiger partial charge on any atom is 0.223 e. The van der Waals surface area contributed by atoms with Crippen LogP contribution < -0.4 is 5.32 Å². The van der Waals surface area contributed by atoms with Gasteiger partial charge in [0.15, 0.2) is 0 Å². The van der Waals surface area contributed by atoms with Crippen LogP contribution in [0.25, 0.3) is 0 Å². The second-order valence-corrected chi connectivity index (χ2v) is 9.25. The van der Waals surface area contributed by atoms with Gasteiger partial charge >= 0.3 is 0 Å². The molecule has 6 heteroatoms. The average Bonchev–Trinajstić information content (AvgIpc) is 2.83. The smallest absolute Gasteiger partial charge is 0.223 e. The fourth-order valence-corrected chi connectivity index (χ4v) is 4.70. The molecule has 0 bridgehead atoms. The Morgan fingerprint density at radius 2 is 2.15 bits per heavy atom. The number of nitrogens with zero attached hydrogens (tertiary/aromatic N) is 3. The van der Waals surface area contributed by atoms with Crippen LogP contribution in [-0.4, -0.2) is 45.9 Å². The molecule has 6 nitrogen and oxygen atoms in total. The van der Waals surface area contributed by atoms with E-state index in [0.717, 1.165) is 70.6 Å². The van der Waals surface area contributed by atoms with Crippen LogP contribution in [0.5, 0.6) is 0 Å².